The molecular formula is C18H19BN3O+. The van der Waals surface area contributed by atoms with Gasteiger partial charge in [0.25, 0.3) is 5.82 Å². The van der Waals surface area contributed by atoms with E-state index in [1.54, 1.807) is 0 Å². The Labute approximate surface area is 136 Å². The minimum atomic E-state index is 0.189. The van der Waals surface area contributed by atoms with Crippen molar-refractivity contribution in [1.82, 2.24) is 4.98 Å². The second-order valence-electron chi connectivity index (χ2n) is 6.26. The molecule has 114 valence electrons. The lowest BCUT2D eigenvalue weighted by atomic mass is 9.54. The first-order chi connectivity index (χ1) is 11.0. The fourth-order valence-corrected chi connectivity index (χ4v) is 3.27. The first kappa shape index (κ1) is 14.1. The van der Waals surface area contributed by atoms with Crippen LogP contribution < -0.4 is 14.8 Å². The fraction of sp³-hybridized carbons (Fsp3) is 0.222. The van der Waals surface area contributed by atoms with E-state index in [2.05, 4.69) is 65.8 Å². The van der Waals surface area contributed by atoms with Gasteiger partial charge in [-0.15, -0.1) is 0 Å². The van der Waals surface area contributed by atoms with Crippen LogP contribution in [0.15, 0.2) is 41.1 Å². The number of nitrogens with zero attached hydrogens (tertiary/aromatic N) is 3. The Bertz CT molecular complexity index is 945. The standard InChI is InChI=1S/C18H19BN3O/c1-12-7-9-21(4)16(11-12)22-10-8-15-17(19(22)3)14-6-5-13(2)20-18(14)23-15/h5-11H,1-4H3/q+1. The van der Waals surface area contributed by atoms with Crippen LogP contribution in [0.5, 0.6) is 0 Å². The summed E-state index contributed by atoms with van der Waals surface area (Å²) in [5, 5.41) is 1.10. The molecule has 0 spiro atoms. The third-order valence-corrected chi connectivity index (χ3v) is 4.53. The first-order valence-corrected chi connectivity index (χ1v) is 7.87. The number of furan rings is 1. The predicted molar refractivity (Wildman–Crippen MR) is 93.9 cm³/mol. The summed E-state index contributed by atoms with van der Waals surface area (Å²) in [5.74, 6) is 2.07. The second kappa shape index (κ2) is 4.98. The topological polar surface area (TPSA) is 33.2 Å². The molecule has 0 fully saturated rings. The van der Waals surface area contributed by atoms with E-state index in [9.17, 15) is 0 Å². The summed E-state index contributed by atoms with van der Waals surface area (Å²) in [6, 6.07) is 8.48. The fourth-order valence-electron chi connectivity index (χ4n) is 3.27. The summed E-state index contributed by atoms with van der Waals surface area (Å²) < 4.78 is 8.09. The number of pyridine rings is 2. The molecule has 0 N–H and O–H groups in total. The molecule has 3 aromatic rings. The van der Waals surface area contributed by atoms with Crippen LogP contribution in [-0.2, 0) is 7.05 Å². The van der Waals surface area contributed by atoms with Crippen LogP contribution in [0.3, 0.4) is 0 Å². The highest BCUT2D eigenvalue weighted by atomic mass is 16.3. The van der Waals surface area contributed by atoms with Crippen molar-refractivity contribution in [2.45, 2.75) is 20.7 Å². The summed E-state index contributed by atoms with van der Waals surface area (Å²) >= 11 is 0. The highest BCUT2D eigenvalue weighted by molar-refractivity contribution is 6.79. The van der Waals surface area contributed by atoms with Gasteiger partial charge in [0.2, 0.25) is 5.71 Å². The van der Waals surface area contributed by atoms with E-state index in [1.807, 2.05) is 19.1 Å². The molecule has 23 heavy (non-hydrogen) atoms. The Morgan fingerprint density at radius 2 is 2.04 bits per heavy atom. The molecular weight excluding hydrogens is 285 g/mol. The molecule has 4 rings (SSSR count). The molecule has 0 bridgehead atoms. The maximum atomic E-state index is 5.95. The predicted octanol–water partition coefficient (Wildman–Crippen LogP) is 2.59. The van der Waals surface area contributed by atoms with E-state index in [4.69, 9.17) is 4.42 Å². The van der Waals surface area contributed by atoms with Gasteiger partial charge in [0.1, 0.15) is 5.76 Å². The zero-order chi connectivity index (χ0) is 16.1. The van der Waals surface area contributed by atoms with Crippen molar-refractivity contribution in [3.05, 3.63) is 53.7 Å². The van der Waals surface area contributed by atoms with Crippen LogP contribution in [-0.4, -0.2) is 11.8 Å². The SMILES string of the molecule is CB1c2c(oc3nc(C)ccc23)C=CN1c1cc(C)cc[n+]1C. The average molecular weight is 304 g/mol. The quantitative estimate of drug-likeness (QED) is 0.512. The van der Waals surface area contributed by atoms with Crippen molar-refractivity contribution in [3.63, 3.8) is 0 Å². The van der Waals surface area contributed by atoms with Crippen LogP contribution in [0.2, 0.25) is 6.82 Å². The van der Waals surface area contributed by atoms with Crippen molar-refractivity contribution in [2.24, 2.45) is 7.05 Å². The first-order valence-electron chi connectivity index (χ1n) is 7.87. The van der Waals surface area contributed by atoms with Gasteiger partial charge in [0, 0.05) is 28.7 Å². The molecule has 0 unspecified atom stereocenters. The van der Waals surface area contributed by atoms with Gasteiger partial charge in [0.15, 0.2) is 0 Å². The molecule has 0 aliphatic carbocycles. The molecule has 0 aromatic carbocycles. The number of aromatic nitrogens is 2. The molecule has 0 saturated carbocycles. The summed E-state index contributed by atoms with van der Waals surface area (Å²) in [5.41, 5.74) is 4.15. The van der Waals surface area contributed by atoms with Crippen molar-refractivity contribution >= 4 is 35.3 Å². The van der Waals surface area contributed by atoms with Gasteiger partial charge in [-0.2, -0.15) is 0 Å². The van der Waals surface area contributed by atoms with Crippen molar-refractivity contribution in [1.29, 1.82) is 0 Å². The Hall–Kier alpha value is -2.56. The molecule has 3 aromatic heterocycles. The van der Waals surface area contributed by atoms with Crippen LogP contribution in [0.1, 0.15) is 17.0 Å². The maximum absolute atomic E-state index is 5.95. The van der Waals surface area contributed by atoms with Crippen LogP contribution >= 0.6 is 0 Å². The lowest BCUT2D eigenvalue weighted by Gasteiger charge is -2.22. The molecule has 1 aliphatic heterocycles. The number of fused-ring (bicyclic) bond motifs is 3. The smallest absolute Gasteiger partial charge is 0.413 e. The molecule has 0 amide bonds. The summed E-state index contributed by atoms with van der Waals surface area (Å²) in [4.78, 5) is 6.80. The molecule has 0 radical (unpaired) electrons. The summed E-state index contributed by atoms with van der Waals surface area (Å²) in [6.45, 7) is 6.50. The molecule has 5 heteroatoms. The molecule has 4 nitrogen and oxygen atoms in total. The number of anilines is 1. The summed E-state index contributed by atoms with van der Waals surface area (Å²) in [7, 11) is 2.07. The summed E-state index contributed by atoms with van der Waals surface area (Å²) in [6.07, 6.45) is 6.23. The van der Waals surface area contributed by atoms with E-state index in [-0.39, 0.29) is 6.85 Å². The lowest BCUT2D eigenvalue weighted by Crippen LogP contribution is -2.50. The molecule has 0 atom stereocenters. The zero-order valence-electron chi connectivity index (χ0n) is 13.9. The van der Waals surface area contributed by atoms with Gasteiger partial charge in [-0.25, -0.2) is 9.55 Å². The molecule has 0 saturated heterocycles. The number of rotatable bonds is 1. The monoisotopic (exact) mass is 304 g/mol. The maximum Gasteiger partial charge on any atom is 0.413 e. The Morgan fingerprint density at radius 1 is 1.22 bits per heavy atom. The van der Waals surface area contributed by atoms with Crippen molar-refractivity contribution in [3.8, 4) is 0 Å². The van der Waals surface area contributed by atoms with E-state index in [0.717, 1.165) is 28.4 Å². The number of hydrogen-bond acceptors (Lipinski definition) is 3. The molecule has 4 heterocycles. The highest BCUT2D eigenvalue weighted by Crippen LogP contribution is 2.24. The van der Waals surface area contributed by atoms with Gasteiger partial charge >= 0.3 is 6.85 Å². The van der Waals surface area contributed by atoms with Gasteiger partial charge in [0.05, 0.1) is 19.4 Å². The zero-order valence-corrected chi connectivity index (χ0v) is 13.9. The van der Waals surface area contributed by atoms with E-state index in [1.165, 1.54) is 11.0 Å². The van der Waals surface area contributed by atoms with E-state index < -0.39 is 0 Å². The highest BCUT2D eigenvalue weighted by Gasteiger charge is 2.37. The Kier molecular flexibility index (Phi) is 3.05. The van der Waals surface area contributed by atoms with Gasteiger partial charge in [-0.1, -0.05) is 0 Å². The van der Waals surface area contributed by atoms with E-state index >= 15 is 0 Å². The van der Waals surface area contributed by atoms with E-state index in [0.29, 0.717) is 0 Å². The minimum Gasteiger partial charge on any atom is -0.439 e. The van der Waals surface area contributed by atoms with Crippen molar-refractivity contribution in [2.75, 3.05) is 4.81 Å². The van der Waals surface area contributed by atoms with Gasteiger partial charge < -0.3 is 4.42 Å². The largest absolute Gasteiger partial charge is 0.439 e. The van der Waals surface area contributed by atoms with Gasteiger partial charge in [-0.05, 0) is 44.4 Å². The number of hydrogen-bond donors (Lipinski definition) is 0. The van der Waals surface area contributed by atoms with Crippen LogP contribution in [0, 0.1) is 13.8 Å². The Morgan fingerprint density at radius 3 is 2.87 bits per heavy atom. The third-order valence-electron chi connectivity index (χ3n) is 4.53. The third kappa shape index (κ3) is 2.15. The second-order valence-corrected chi connectivity index (χ2v) is 6.26. The average Bonchev–Trinajstić information content (AvgIpc) is 2.88. The van der Waals surface area contributed by atoms with Crippen LogP contribution in [0.4, 0.5) is 5.82 Å². The molecule has 1 aliphatic rings. The van der Waals surface area contributed by atoms with Crippen molar-refractivity contribution < 1.29 is 8.98 Å². The van der Waals surface area contributed by atoms with Crippen LogP contribution in [0.25, 0.3) is 17.2 Å². The normalized spacial score (nSPS) is 13.7. The number of aryl methyl sites for hydroxylation is 3. The van der Waals surface area contributed by atoms with Gasteiger partial charge in [-0.3, -0.25) is 4.81 Å². The Balaban J connectivity index is 1.87. The minimum absolute atomic E-state index is 0.189. The lowest BCUT2D eigenvalue weighted by molar-refractivity contribution is -0.658.